The van der Waals surface area contributed by atoms with Crippen LogP contribution in [-0.4, -0.2) is 13.6 Å². The molecule has 0 atom stereocenters. The van der Waals surface area contributed by atoms with Crippen molar-refractivity contribution >= 4 is 0 Å². The fourth-order valence-corrected chi connectivity index (χ4v) is 2.31. The zero-order valence-electron chi connectivity index (χ0n) is 8.52. The van der Waals surface area contributed by atoms with Crippen LogP contribution in [0.25, 0.3) is 0 Å². The van der Waals surface area contributed by atoms with Gasteiger partial charge in [0.1, 0.15) is 5.82 Å². The summed E-state index contributed by atoms with van der Waals surface area (Å²) in [7, 11) is 1.98. The van der Waals surface area contributed by atoms with Crippen LogP contribution >= 0.6 is 0 Å². The first-order valence-electron chi connectivity index (χ1n) is 5.17. The molecule has 0 unspecified atom stereocenters. The Bertz CT molecular complexity index is 301. The second-order valence-corrected chi connectivity index (χ2v) is 4.17. The predicted molar refractivity (Wildman–Crippen MR) is 55.9 cm³/mol. The van der Waals surface area contributed by atoms with E-state index in [9.17, 15) is 4.39 Å². The van der Waals surface area contributed by atoms with Gasteiger partial charge in [0, 0.05) is 12.0 Å². The second-order valence-electron chi connectivity index (χ2n) is 4.17. The Balaban J connectivity index is 2.23. The summed E-state index contributed by atoms with van der Waals surface area (Å²) in [5.74, 6) is -0.146. The van der Waals surface area contributed by atoms with E-state index in [0.717, 1.165) is 6.54 Å². The second kappa shape index (κ2) is 3.70. The smallest absolute Gasteiger partial charge is 0.123 e. The van der Waals surface area contributed by atoms with Crippen LogP contribution in [0, 0.1) is 5.82 Å². The van der Waals surface area contributed by atoms with Gasteiger partial charge in [0.05, 0.1) is 0 Å². The Kier molecular flexibility index (Phi) is 2.55. The summed E-state index contributed by atoms with van der Waals surface area (Å²) in [4.78, 5) is 0. The van der Waals surface area contributed by atoms with Gasteiger partial charge in [0.15, 0.2) is 0 Å². The maximum Gasteiger partial charge on any atom is 0.123 e. The number of hydrogen-bond acceptors (Lipinski definition) is 1. The fraction of sp³-hybridized carbons (Fsp3) is 0.500. The minimum Gasteiger partial charge on any atom is -0.319 e. The van der Waals surface area contributed by atoms with Gasteiger partial charge in [-0.05, 0) is 37.6 Å². The zero-order valence-corrected chi connectivity index (χ0v) is 8.52. The van der Waals surface area contributed by atoms with Crippen LogP contribution in [0.4, 0.5) is 4.39 Å². The molecule has 1 aliphatic rings. The maximum absolute atomic E-state index is 12.8. The number of hydrogen-bond donors (Lipinski definition) is 1. The number of nitrogens with one attached hydrogen (secondary N) is 1. The Hall–Kier alpha value is -0.890. The van der Waals surface area contributed by atoms with E-state index in [-0.39, 0.29) is 11.2 Å². The van der Waals surface area contributed by atoms with Crippen molar-refractivity contribution < 1.29 is 4.39 Å². The van der Waals surface area contributed by atoms with E-state index in [1.807, 2.05) is 19.2 Å². The van der Waals surface area contributed by atoms with Gasteiger partial charge in [0.2, 0.25) is 0 Å². The van der Waals surface area contributed by atoms with Crippen molar-refractivity contribution in [1.82, 2.24) is 5.32 Å². The summed E-state index contributed by atoms with van der Waals surface area (Å²) in [6, 6.07) is 6.97. The quantitative estimate of drug-likeness (QED) is 0.777. The van der Waals surface area contributed by atoms with Gasteiger partial charge >= 0.3 is 0 Å². The van der Waals surface area contributed by atoms with Crippen LogP contribution in [0.2, 0.25) is 0 Å². The molecule has 14 heavy (non-hydrogen) atoms. The van der Waals surface area contributed by atoms with Gasteiger partial charge in [-0.2, -0.15) is 0 Å². The molecular formula is C12H16FN. The lowest BCUT2D eigenvalue weighted by molar-refractivity contribution is 0.239. The van der Waals surface area contributed by atoms with E-state index >= 15 is 0 Å². The molecule has 2 rings (SSSR count). The highest BCUT2D eigenvalue weighted by Crippen LogP contribution is 2.43. The topological polar surface area (TPSA) is 12.0 Å². The molecule has 0 heterocycles. The van der Waals surface area contributed by atoms with E-state index in [2.05, 4.69) is 5.32 Å². The first-order valence-corrected chi connectivity index (χ1v) is 5.17. The predicted octanol–water partition coefficient (Wildman–Crippen LogP) is 2.47. The zero-order chi connectivity index (χ0) is 10.0. The van der Waals surface area contributed by atoms with Crippen molar-refractivity contribution in [3.63, 3.8) is 0 Å². The van der Waals surface area contributed by atoms with Crippen LogP contribution in [0.1, 0.15) is 24.8 Å². The van der Waals surface area contributed by atoms with Gasteiger partial charge in [-0.3, -0.25) is 0 Å². The van der Waals surface area contributed by atoms with Crippen LogP contribution in [-0.2, 0) is 5.41 Å². The average molecular weight is 193 g/mol. The molecule has 0 saturated heterocycles. The first-order chi connectivity index (χ1) is 6.77. The van der Waals surface area contributed by atoms with Crippen molar-refractivity contribution in [3.05, 3.63) is 35.6 Å². The lowest BCUT2D eigenvalue weighted by Crippen LogP contribution is -2.42. The number of halogens is 1. The lowest BCUT2D eigenvalue weighted by atomic mass is 9.64. The maximum atomic E-state index is 12.8. The molecule has 1 nitrogen and oxygen atoms in total. The fourth-order valence-electron chi connectivity index (χ4n) is 2.31. The van der Waals surface area contributed by atoms with Crippen molar-refractivity contribution in [2.24, 2.45) is 0 Å². The Morgan fingerprint density at radius 2 is 1.93 bits per heavy atom. The number of likely N-dealkylation sites (N-methyl/N-ethyl adjacent to an activating group) is 1. The monoisotopic (exact) mass is 193 g/mol. The number of rotatable bonds is 3. The minimum absolute atomic E-state index is 0.146. The van der Waals surface area contributed by atoms with E-state index in [1.54, 1.807) is 12.1 Å². The number of benzene rings is 1. The summed E-state index contributed by atoms with van der Waals surface area (Å²) in [6.07, 6.45) is 3.73. The molecule has 0 amide bonds. The summed E-state index contributed by atoms with van der Waals surface area (Å²) < 4.78 is 12.8. The summed E-state index contributed by atoms with van der Waals surface area (Å²) in [5, 5.41) is 3.23. The molecule has 1 saturated carbocycles. The SMILES string of the molecule is CNCC1(c2ccc(F)cc2)CCC1. The standard InChI is InChI=1S/C12H16FN/c1-14-9-12(7-2-8-12)10-3-5-11(13)6-4-10/h3-6,14H,2,7-9H2,1H3. The summed E-state index contributed by atoms with van der Waals surface area (Å²) in [6.45, 7) is 0.999. The molecule has 1 fully saturated rings. The van der Waals surface area contributed by atoms with Gasteiger partial charge in [-0.1, -0.05) is 18.6 Å². The third-order valence-corrected chi connectivity index (χ3v) is 3.28. The van der Waals surface area contributed by atoms with Crippen molar-refractivity contribution in [1.29, 1.82) is 0 Å². The molecule has 0 aromatic heterocycles. The van der Waals surface area contributed by atoms with Gasteiger partial charge in [-0.25, -0.2) is 4.39 Å². The molecule has 1 N–H and O–H groups in total. The average Bonchev–Trinajstić information content (AvgIpc) is 2.13. The normalized spacial score (nSPS) is 19.0. The van der Waals surface area contributed by atoms with Gasteiger partial charge < -0.3 is 5.32 Å². The third-order valence-electron chi connectivity index (χ3n) is 3.28. The Morgan fingerprint density at radius 1 is 1.29 bits per heavy atom. The molecular weight excluding hydrogens is 177 g/mol. The molecule has 0 radical (unpaired) electrons. The van der Waals surface area contributed by atoms with E-state index in [1.165, 1.54) is 24.8 Å². The largest absolute Gasteiger partial charge is 0.319 e. The lowest BCUT2D eigenvalue weighted by Gasteiger charge is -2.42. The van der Waals surface area contributed by atoms with E-state index < -0.39 is 0 Å². The molecule has 1 aliphatic carbocycles. The van der Waals surface area contributed by atoms with E-state index in [4.69, 9.17) is 0 Å². The molecule has 1 aromatic carbocycles. The van der Waals surface area contributed by atoms with E-state index in [0.29, 0.717) is 0 Å². The molecule has 0 bridgehead atoms. The van der Waals surface area contributed by atoms with Crippen molar-refractivity contribution in [2.45, 2.75) is 24.7 Å². The van der Waals surface area contributed by atoms with Crippen LogP contribution in [0.15, 0.2) is 24.3 Å². The van der Waals surface area contributed by atoms with Gasteiger partial charge in [0.25, 0.3) is 0 Å². The van der Waals surface area contributed by atoms with Crippen LogP contribution in [0.3, 0.4) is 0 Å². The Morgan fingerprint density at radius 3 is 2.36 bits per heavy atom. The highest BCUT2D eigenvalue weighted by Gasteiger charge is 2.37. The molecule has 0 spiro atoms. The Labute approximate surface area is 84.3 Å². The van der Waals surface area contributed by atoms with Crippen LogP contribution in [0.5, 0.6) is 0 Å². The van der Waals surface area contributed by atoms with Crippen molar-refractivity contribution in [2.75, 3.05) is 13.6 Å². The summed E-state index contributed by atoms with van der Waals surface area (Å²) >= 11 is 0. The highest BCUT2D eigenvalue weighted by molar-refractivity contribution is 5.29. The highest BCUT2D eigenvalue weighted by atomic mass is 19.1. The van der Waals surface area contributed by atoms with Crippen LogP contribution < -0.4 is 5.32 Å². The summed E-state index contributed by atoms with van der Waals surface area (Å²) in [5.41, 5.74) is 1.56. The molecule has 76 valence electrons. The third kappa shape index (κ3) is 1.55. The van der Waals surface area contributed by atoms with Crippen molar-refractivity contribution in [3.8, 4) is 0 Å². The first kappa shape index (κ1) is 9.66. The molecule has 2 heteroatoms. The molecule has 1 aromatic rings. The minimum atomic E-state index is -0.146. The van der Waals surface area contributed by atoms with Gasteiger partial charge in [-0.15, -0.1) is 0 Å². The molecule has 0 aliphatic heterocycles.